The van der Waals surface area contributed by atoms with Gasteiger partial charge in [0, 0.05) is 31.9 Å². The molecule has 0 bridgehead atoms. The smallest absolute Gasteiger partial charge is 0.239 e. The molecular formula is C24H30N6O. The van der Waals surface area contributed by atoms with Crippen molar-refractivity contribution in [2.24, 2.45) is 0 Å². The van der Waals surface area contributed by atoms with E-state index in [-0.39, 0.29) is 5.95 Å². The van der Waals surface area contributed by atoms with E-state index in [9.17, 15) is 0 Å². The number of nitrogens with zero attached hydrogens (tertiary/aromatic N) is 3. The zero-order valence-electron chi connectivity index (χ0n) is 18.1. The lowest BCUT2D eigenvalue weighted by Gasteiger charge is -2.07. The lowest BCUT2D eigenvalue weighted by molar-refractivity contribution is 0.414. The molecule has 0 fully saturated rings. The molecule has 2 heterocycles. The molecule has 0 spiro atoms. The number of hydrogen-bond donors (Lipinski definition) is 3. The molecule has 0 atom stereocenters. The van der Waals surface area contributed by atoms with Crippen LogP contribution in [0.3, 0.4) is 0 Å². The average Bonchev–Trinajstić information content (AvgIpc) is 3.19. The molecule has 0 aliphatic carbocycles. The maximum atomic E-state index is 5.53. The minimum atomic E-state index is 0.265. The van der Waals surface area contributed by atoms with E-state index in [2.05, 4.69) is 32.1 Å². The number of aromatic nitrogens is 4. The number of pyridine rings is 1. The summed E-state index contributed by atoms with van der Waals surface area (Å²) in [6.45, 7) is 7.23. The number of aromatic amines is 1. The maximum Gasteiger partial charge on any atom is 0.239 e. The normalized spacial score (nSPS) is 11.1. The highest BCUT2D eigenvalue weighted by molar-refractivity contribution is 5.27. The molecule has 3 aromatic rings. The summed E-state index contributed by atoms with van der Waals surface area (Å²) >= 11 is 0. The van der Waals surface area contributed by atoms with Crippen molar-refractivity contribution in [1.82, 2.24) is 25.5 Å². The Morgan fingerprint density at radius 3 is 2.65 bits per heavy atom. The number of ether oxygens (including phenoxy) is 1. The second-order valence-electron chi connectivity index (χ2n) is 6.74. The summed E-state index contributed by atoms with van der Waals surface area (Å²) in [7, 11) is 1.68. The van der Waals surface area contributed by atoms with Gasteiger partial charge in [-0.15, -0.1) is 5.10 Å². The molecule has 1 aromatic carbocycles. The number of nitrogens with one attached hydrogen (secondary N) is 2. The monoisotopic (exact) mass is 418 g/mol. The number of benzene rings is 1. The van der Waals surface area contributed by atoms with Crippen molar-refractivity contribution in [3.05, 3.63) is 102 Å². The van der Waals surface area contributed by atoms with Crippen LogP contribution in [0.5, 0.6) is 5.75 Å². The number of nitrogens with two attached hydrogens (primary N) is 1. The number of aryl methyl sites for hydroxylation is 1. The molecule has 7 nitrogen and oxygen atoms in total. The highest BCUT2D eigenvalue weighted by Crippen LogP contribution is 2.10. The van der Waals surface area contributed by atoms with Gasteiger partial charge in [-0.1, -0.05) is 43.0 Å². The lowest BCUT2D eigenvalue weighted by atomic mass is 10.1. The fourth-order valence-corrected chi connectivity index (χ4v) is 2.67. The van der Waals surface area contributed by atoms with E-state index in [1.807, 2.05) is 61.5 Å². The predicted octanol–water partition coefficient (Wildman–Crippen LogP) is 3.79. The molecule has 3 rings (SSSR count). The van der Waals surface area contributed by atoms with Crippen LogP contribution in [0, 0.1) is 6.92 Å². The zero-order chi connectivity index (χ0) is 22.3. The van der Waals surface area contributed by atoms with Crippen molar-refractivity contribution in [2.75, 3.05) is 19.4 Å². The Kier molecular flexibility index (Phi) is 10.3. The summed E-state index contributed by atoms with van der Waals surface area (Å²) in [6.07, 6.45) is 11.9. The number of hydrogen-bond acceptors (Lipinski definition) is 6. The molecule has 162 valence electrons. The summed E-state index contributed by atoms with van der Waals surface area (Å²) in [4.78, 5) is 8.14. The van der Waals surface area contributed by atoms with Gasteiger partial charge in [0.15, 0.2) is 0 Å². The van der Waals surface area contributed by atoms with E-state index >= 15 is 0 Å². The largest absolute Gasteiger partial charge is 0.497 e. The maximum absolute atomic E-state index is 5.53. The van der Waals surface area contributed by atoms with Gasteiger partial charge < -0.3 is 15.8 Å². The number of rotatable bonds is 9. The quantitative estimate of drug-likeness (QED) is 0.457. The van der Waals surface area contributed by atoms with Gasteiger partial charge in [0.25, 0.3) is 0 Å². The molecule has 0 amide bonds. The number of H-pyrrole nitrogens is 1. The van der Waals surface area contributed by atoms with E-state index < -0.39 is 0 Å². The van der Waals surface area contributed by atoms with Gasteiger partial charge in [-0.05, 0) is 47.9 Å². The van der Waals surface area contributed by atoms with E-state index in [0.717, 1.165) is 24.7 Å². The Bertz CT molecular complexity index is 978. The van der Waals surface area contributed by atoms with Gasteiger partial charge in [0.1, 0.15) is 11.6 Å². The van der Waals surface area contributed by atoms with Gasteiger partial charge in [-0.2, -0.15) is 4.98 Å². The zero-order valence-corrected chi connectivity index (χ0v) is 18.1. The van der Waals surface area contributed by atoms with E-state index in [4.69, 9.17) is 10.5 Å². The molecule has 2 aromatic heterocycles. The third-order valence-electron chi connectivity index (χ3n) is 4.18. The summed E-state index contributed by atoms with van der Waals surface area (Å²) in [6, 6.07) is 11.9. The summed E-state index contributed by atoms with van der Waals surface area (Å²) in [5.41, 5.74) is 9.13. The Morgan fingerprint density at radius 2 is 2.03 bits per heavy atom. The summed E-state index contributed by atoms with van der Waals surface area (Å²) in [5.74, 6) is 1.94. The first kappa shape index (κ1) is 23.6. The molecule has 0 saturated heterocycles. The second-order valence-corrected chi connectivity index (χ2v) is 6.74. The van der Waals surface area contributed by atoms with Crippen molar-refractivity contribution in [2.45, 2.75) is 19.9 Å². The number of anilines is 1. The van der Waals surface area contributed by atoms with Crippen LogP contribution in [0.1, 0.15) is 17.0 Å². The highest BCUT2D eigenvalue weighted by Gasteiger charge is 2.04. The molecule has 31 heavy (non-hydrogen) atoms. The van der Waals surface area contributed by atoms with Crippen molar-refractivity contribution in [1.29, 1.82) is 0 Å². The minimum absolute atomic E-state index is 0.265. The Morgan fingerprint density at radius 1 is 1.23 bits per heavy atom. The fourth-order valence-electron chi connectivity index (χ4n) is 2.67. The lowest BCUT2D eigenvalue weighted by Crippen LogP contribution is -2.18. The molecule has 7 heteroatoms. The average molecular weight is 419 g/mol. The van der Waals surface area contributed by atoms with Gasteiger partial charge in [0.05, 0.1) is 7.11 Å². The van der Waals surface area contributed by atoms with Gasteiger partial charge in [-0.3, -0.25) is 10.1 Å². The van der Waals surface area contributed by atoms with E-state index in [0.29, 0.717) is 6.42 Å². The Balaban J connectivity index is 0.000000316. The van der Waals surface area contributed by atoms with Crippen molar-refractivity contribution < 1.29 is 4.74 Å². The number of allylic oxidation sites excluding steroid dienone is 4. The predicted molar refractivity (Wildman–Crippen MR) is 126 cm³/mol. The summed E-state index contributed by atoms with van der Waals surface area (Å²) in [5, 5.41) is 10.1. The number of methoxy groups -OCH3 is 1. The van der Waals surface area contributed by atoms with Crippen LogP contribution < -0.4 is 15.8 Å². The van der Waals surface area contributed by atoms with Crippen LogP contribution in [-0.2, 0) is 13.0 Å². The second kappa shape index (κ2) is 13.5. The third-order valence-corrected chi connectivity index (χ3v) is 4.18. The van der Waals surface area contributed by atoms with Crippen LogP contribution in [0.2, 0.25) is 0 Å². The van der Waals surface area contributed by atoms with Gasteiger partial charge in [0.2, 0.25) is 5.95 Å². The standard InChI is InChI=1S/C16H20N6.C8H10O/c1-2-3-4-5-14(10-15-20-16(17)22-21-15)12-19-11-13-6-8-18-9-7-13;1-7-4-3-5-8(6-7)9-2/h2-9,19H,1,10-12H2,(H3,17,20,21,22);3-6H,1-2H3/b4-3-,14-5-;. The van der Waals surface area contributed by atoms with Crippen LogP contribution in [-0.4, -0.2) is 33.8 Å². The molecule has 0 saturated carbocycles. The first-order valence-electron chi connectivity index (χ1n) is 9.95. The molecular weight excluding hydrogens is 388 g/mol. The fraction of sp³-hybridized carbons (Fsp3) is 0.208. The van der Waals surface area contributed by atoms with E-state index in [1.165, 1.54) is 16.7 Å². The Hall–Kier alpha value is -3.71. The molecule has 0 radical (unpaired) electrons. The van der Waals surface area contributed by atoms with E-state index in [1.54, 1.807) is 25.6 Å². The van der Waals surface area contributed by atoms with Crippen molar-refractivity contribution >= 4 is 5.95 Å². The van der Waals surface area contributed by atoms with Crippen LogP contribution in [0.15, 0.2) is 85.2 Å². The molecule has 0 aliphatic rings. The van der Waals surface area contributed by atoms with Crippen LogP contribution >= 0.6 is 0 Å². The highest BCUT2D eigenvalue weighted by atomic mass is 16.5. The van der Waals surface area contributed by atoms with Crippen molar-refractivity contribution in [3.63, 3.8) is 0 Å². The molecule has 0 aliphatic heterocycles. The first-order valence-corrected chi connectivity index (χ1v) is 9.95. The topological polar surface area (TPSA) is 102 Å². The SMILES string of the molecule is C=C/C=C\C=C(/CNCc1ccncc1)Cc1nc(N)n[nH]1.COc1cccc(C)c1. The minimum Gasteiger partial charge on any atom is -0.497 e. The van der Waals surface area contributed by atoms with Gasteiger partial charge in [-0.25, -0.2) is 0 Å². The Labute approximate surface area is 183 Å². The third kappa shape index (κ3) is 9.56. The molecule has 4 N–H and O–H groups in total. The van der Waals surface area contributed by atoms with Crippen LogP contribution in [0.25, 0.3) is 0 Å². The number of nitrogen functional groups attached to an aromatic ring is 1. The van der Waals surface area contributed by atoms with Gasteiger partial charge >= 0.3 is 0 Å². The van der Waals surface area contributed by atoms with Crippen LogP contribution in [0.4, 0.5) is 5.95 Å². The summed E-state index contributed by atoms with van der Waals surface area (Å²) < 4.78 is 5.00. The van der Waals surface area contributed by atoms with Crippen molar-refractivity contribution in [3.8, 4) is 5.75 Å². The molecule has 0 unspecified atom stereocenters. The first-order chi connectivity index (χ1) is 15.1.